The number of aromatic nitrogens is 2. The Balaban J connectivity index is 2.54. The van der Waals surface area contributed by atoms with Gasteiger partial charge in [-0.25, -0.2) is 23.5 Å². The monoisotopic (exact) mass is 265 g/mol. The van der Waals surface area contributed by atoms with Crippen LogP contribution in [0.4, 0.5) is 14.6 Å². The number of hydrogen-bond acceptors (Lipinski definition) is 5. The Kier molecular flexibility index (Phi) is 3.37. The van der Waals surface area contributed by atoms with Crippen molar-refractivity contribution in [2.75, 3.05) is 12.8 Å². The SMILES string of the molecule is COC(=O)c1nc(-c2ccc(F)cc2F)cnc1N. The fourth-order valence-corrected chi connectivity index (χ4v) is 1.47. The lowest BCUT2D eigenvalue weighted by molar-refractivity contribution is 0.0595. The number of nitrogen functional groups attached to an aromatic ring is 1. The van der Waals surface area contributed by atoms with E-state index in [0.717, 1.165) is 13.2 Å². The van der Waals surface area contributed by atoms with E-state index in [2.05, 4.69) is 14.7 Å². The van der Waals surface area contributed by atoms with Crippen LogP contribution in [0.3, 0.4) is 0 Å². The Labute approximate surface area is 107 Å². The highest BCUT2D eigenvalue weighted by molar-refractivity contribution is 5.92. The number of nitrogens with zero attached hydrogens (tertiary/aromatic N) is 2. The topological polar surface area (TPSA) is 78.1 Å². The number of anilines is 1. The van der Waals surface area contributed by atoms with Gasteiger partial charge in [0, 0.05) is 11.6 Å². The van der Waals surface area contributed by atoms with Crippen molar-refractivity contribution in [1.29, 1.82) is 0 Å². The molecule has 0 amide bonds. The average Bonchev–Trinajstić information content (AvgIpc) is 2.39. The first-order chi connectivity index (χ1) is 9.02. The summed E-state index contributed by atoms with van der Waals surface area (Å²) in [5.41, 5.74) is 5.33. The number of carbonyl (C=O) groups excluding carboxylic acids is 1. The van der Waals surface area contributed by atoms with Crippen molar-refractivity contribution in [2.45, 2.75) is 0 Å². The van der Waals surface area contributed by atoms with Crippen LogP contribution in [0.5, 0.6) is 0 Å². The summed E-state index contributed by atoms with van der Waals surface area (Å²) in [4.78, 5) is 19.0. The summed E-state index contributed by atoms with van der Waals surface area (Å²) in [6.45, 7) is 0. The molecule has 19 heavy (non-hydrogen) atoms. The maximum absolute atomic E-state index is 13.6. The van der Waals surface area contributed by atoms with E-state index in [1.54, 1.807) is 0 Å². The van der Waals surface area contributed by atoms with Crippen molar-refractivity contribution < 1.29 is 18.3 Å². The van der Waals surface area contributed by atoms with Crippen molar-refractivity contribution in [3.05, 3.63) is 41.7 Å². The summed E-state index contributed by atoms with van der Waals surface area (Å²) in [5, 5.41) is 0. The van der Waals surface area contributed by atoms with Crippen molar-refractivity contribution in [3.8, 4) is 11.3 Å². The highest BCUT2D eigenvalue weighted by atomic mass is 19.1. The van der Waals surface area contributed by atoms with Crippen LogP contribution in [0.25, 0.3) is 11.3 Å². The van der Waals surface area contributed by atoms with E-state index < -0.39 is 17.6 Å². The van der Waals surface area contributed by atoms with Gasteiger partial charge < -0.3 is 10.5 Å². The third-order valence-corrected chi connectivity index (χ3v) is 2.39. The highest BCUT2D eigenvalue weighted by Crippen LogP contribution is 2.22. The zero-order chi connectivity index (χ0) is 14.0. The van der Waals surface area contributed by atoms with E-state index in [9.17, 15) is 13.6 Å². The molecule has 7 heteroatoms. The number of halogens is 2. The highest BCUT2D eigenvalue weighted by Gasteiger charge is 2.16. The van der Waals surface area contributed by atoms with Crippen LogP contribution in [-0.2, 0) is 4.74 Å². The van der Waals surface area contributed by atoms with Crippen LogP contribution in [0.1, 0.15) is 10.5 Å². The molecular weight excluding hydrogens is 256 g/mol. The van der Waals surface area contributed by atoms with Gasteiger partial charge in [0.25, 0.3) is 0 Å². The summed E-state index contributed by atoms with van der Waals surface area (Å²) in [5.74, 6) is -2.43. The molecule has 2 rings (SSSR count). The maximum Gasteiger partial charge on any atom is 0.360 e. The molecule has 1 aromatic heterocycles. The molecule has 0 radical (unpaired) electrons. The first kappa shape index (κ1) is 12.9. The summed E-state index contributed by atoms with van der Waals surface area (Å²) in [7, 11) is 1.16. The number of ether oxygens (including phenoxy) is 1. The van der Waals surface area contributed by atoms with Crippen molar-refractivity contribution >= 4 is 11.8 Å². The van der Waals surface area contributed by atoms with Gasteiger partial charge >= 0.3 is 5.97 Å². The van der Waals surface area contributed by atoms with Crippen molar-refractivity contribution in [1.82, 2.24) is 9.97 Å². The number of esters is 1. The predicted octanol–water partition coefficient (Wildman–Crippen LogP) is 1.79. The standard InChI is InChI=1S/C12H9F2N3O2/c1-19-12(18)10-11(15)16-5-9(17-10)7-3-2-6(13)4-8(7)14/h2-5H,1H3,(H2,15,16). The molecular formula is C12H9F2N3O2. The van der Waals surface area contributed by atoms with E-state index in [0.29, 0.717) is 6.07 Å². The van der Waals surface area contributed by atoms with Gasteiger partial charge in [-0.2, -0.15) is 0 Å². The van der Waals surface area contributed by atoms with E-state index in [1.165, 1.54) is 12.3 Å². The predicted molar refractivity (Wildman–Crippen MR) is 63.1 cm³/mol. The van der Waals surface area contributed by atoms with E-state index in [4.69, 9.17) is 5.73 Å². The number of benzene rings is 1. The van der Waals surface area contributed by atoms with Crippen LogP contribution in [-0.4, -0.2) is 23.0 Å². The van der Waals surface area contributed by atoms with Gasteiger partial charge in [-0.3, -0.25) is 0 Å². The minimum atomic E-state index is -0.810. The first-order valence-corrected chi connectivity index (χ1v) is 5.19. The second kappa shape index (κ2) is 4.97. The number of methoxy groups -OCH3 is 1. The molecule has 0 bridgehead atoms. The Hall–Kier alpha value is -2.57. The molecule has 2 N–H and O–H groups in total. The molecule has 0 saturated heterocycles. The fourth-order valence-electron chi connectivity index (χ4n) is 1.47. The van der Waals surface area contributed by atoms with Gasteiger partial charge in [0.15, 0.2) is 11.5 Å². The third-order valence-electron chi connectivity index (χ3n) is 2.39. The first-order valence-electron chi connectivity index (χ1n) is 5.19. The summed E-state index contributed by atoms with van der Waals surface area (Å²) < 4.78 is 30.9. The van der Waals surface area contributed by atoms with E-state index >= 15 is 0 Å². The van der Waals surface area contributed by atoms with Gasteiger partial charge in [0.2, 0.25) is 0 Å². The van der Waals surface area contributed by atoms with Crippen LogP contribution in [0.15, 0.2) is 24.4 Å². The Morgan fingerprint density at radius 3 is 2.74 bits per heavy atom. The number of hydrogen-bond donors (Lipinski definition) is 1. The molecule has 0 atom stereocenters. The van der Waals surface area contributed by atoms with Crippen LogP contribution in [0, 0.1) is 11.6 Å². The minimum absolute atomic E-state index is 0.0130. The Bertz CT molecular complexity index is 647. The molecule has 1 heterocycles. The summed E-state index contributed by atoms with van der Waals surface area (Å²) in [6.07, 6.45) is 1.19. The molecule has 0 aliphatic rings. The van der Waals surface area contributed by atoms with Crippen LogP contribution < -0.4 is 5.73 Å². The largest absolute Gasteiger partial charge is 0.464 e. The Morgan fingerprint density at radius 2 is 2.11 bits per heavy atom. The third kappa shape index (κ3) is 2.49. The molecule has 0 aliphatic heterocycles. The molecule has 98 valence electrons. The molecule has 0 aliphatic carbocycles. The number of nitrogens with two attached hydrogens (primary N) is 1. The van der Waals surface area contributed by atoms with E-state index in [-0.39, 0.29) is 22.8 Å². The molecule has 0 saturated carbocycles. The fraction of sp³-hybridized carbons (Fsp3) is 0.0833. The van der Waals surface area contributed by atoms with E-state index in [1.807, 2.05) is 0 Å². The second-order valence-corrected chi connectivity index (χ2v) is 3.60. The zero-order valence-electron chi connectivity index (χ0n) is 9.85. The zero-order valence-corrected chi connectivity index (χ0v) is 9.85. The lowest BCUT2D eigenvalue weighted by Gasteiger charge is -2.06. The maximum atomic E-state index is 13.6. The lowest BCUT2D eigenvalue weighted by atomic mass is 10.1. The summed E-state index contributed by atoms with van der Waals surface area (Å²) >= 11 is 0. The van der Waals surface area contributed by atoms with Gasteiger partial charge in [0.1, 0.15) is 11.6 Å². The summed E-state index contributed by atoms with van der Waals surface area (Å²) in [6, 6.07) is 2.99. The van der Waals surface area contributed by atoms with Gasteiger partial charge in [-0.1, -0.05) is 0 Å². The molecule has 5 nitrogen and oxygen atoms in total. The number of rotatable bonds is 2. The van der Waals surface area contributed by atoms with Gasteiger partial charge in [-0.05, 0) is 12.1 Å². The molecule has 1 aromatic carbocycles. The molecule has 0 spiro atoms. The van der Waals surface area contributed by atoms with Crippen molar-refractivity contribution in [2.24, 2.45) is 0 Å². The molecule has 2 aromatic rings. The quantitative estimate of drug-likeness (QED) is 0.837. The van der Waals surface area contributed by atoms with Gasteiger partial charge in [-0.15, -0.1) is 0 Å². The second-order valence-electron chi connectivity index (χ2n) is 3.60. The smallest absolute Gasteiger partial charge is 0.360 e. The van der Waals surface area contributed by atoms with Crippen molar-refractivity contribution in [3.63, 3.8) is 0 Å². The molecule has 0 fully saturated rings. The minimum Gasteiger partial charge on any atom is -0.464 e. The molecule has 0 unspecified atom stereocenters. The normalized spacial score (nSPS) is 10.3. The number of carbonyl (C=O) groups is 1. The average molecular weight is 265 g/mol. The van der Waals surface area contributed by atoms with Crippen LogP contribution >= 0.6 is 0 Å². The van der Waals surface area contributed by atoms with Gasteiger partial charge in [0.05, 0.1) is 19.0 Å². The Morgan fingerprint density at radius 1 is 1.37 bits per heavy atom. The lowest BCUT2D eigenvalue weighted by Crippen LogP contribution is -2.10. The van der Waals surface area contributed by atoms with Crippen LogP contribution in [0.2, 0.25) is 0 Å².